The van der Waals surface area contributed by atoms with Crippen LogP contribution in [0.25, 0.3) is 11.1 Å². The van der Waals surface area contributed by atoms with Gasteiger partial charge in [-0.25, -0.2) is 9.97 Å². The highest BCUT2D eigenvalue weighted by molar-refractivity contribution is 14.1. The van der Waals surface area contributed by atoms with E-state index < -0.39 is 0 Å². The molecule has 0 N–H and O–H groups in total. The molecule has 0 aliphatic heterocycles. The Bertz CT molecular complexity index is 716. The molecule has 0 aliphatic carbocycles. The van der Waals surface area contributed by atoms with Gasteiger partial charge in [0.15, 0.2) is 0 Å². The monoisotopic (exact) mass is 374 g/mol. The highest BCUT2D eigenvalue weighted by atomic mass is 127. The van der Waals surface area contributed by atoms with Crippen LogP contribution >= 0.6 is 22.6 Å². The summed E-state index contributed by atoms with van der Waals surface area (Å²) in [4.78, 5) is 8.14. The Morgan fingerprint density at radius 3 is 2.45 bits per heavy atom. The first-order chi connectivity index (χ1) is 9.84. The number of halogens is 1. The number of benzene rings is 2. The summed E-state index contributed by atoms with van der Waals surface area (Å²) in [5.41, 5.74) is 2.16. The van der Waals surface area contributed by atoms with Crippen LogP contribution in [0.15, 0.2) is 67.1 Å². The second-order valence-corrected chi connectivity index (χ2v) is 5.30. The van der Waals surface area contributed by atoms with E-state index in [0.717, 1.165) is 20.4 Å². The summed E-state index contributed by atoms with van der Waals surface area (Å²) < 4.78 is 6.82. The zero-order valence-electron chi connectivity index (χ0n) is 10.5. The van der Waals surface area contributed by atoms with Crippen LogP contribution in [0.1, 0.15) is 0 Å². The second-order valence-electron chi connectivity index (χ2n) is 4.14. The Hall–Kier alpha value is -1.95. The van der Waals surface area contributed by atoms with Gasteiger partial charge in [-0.15, -0.1) is 0 Å². The van der Waals surface area contributed by atoms with Crippen LogP contribution in [0, 0.1) is 3.57 Å². The van der Waals surface area contributed by atoms with Crippen molar-refractivity contribution in [3.05, 3.63) is 70.7 Å². The van der Waals surface area contributed by atoms with E-state index in [1.807, 2.05) is 42.5 Å². The molecule has 0 fully saturated rings. The first-order valence-electron chi connectivity index (χ1n) is 6.12. The van der Waals surface area contributed by atoms with Crippen molar-refractivity contribution in [1.29, 1.82) is 0 Å². The van der Waals surface area contributed by atoms with Crippen molar-refractivity contribution in [3.63, 3.8) is 0 Å². The Labute approximate surface area is 130 Å². The molecule has 0 aliphatic rings. The zero-order valence-corrected chi connectivity index (χ0v) is 12.7. The third-order valence-corrected chi connectivity index (χ3v) is 3.55. The first kappa shape index (κ1) is 13.1. The molecular formula is C16H11IN2O. The van der Waals surface area contributed by atoms with E-state index >= 15 is 0 Å². The van der Waals surface area contributed by atoms with E-state index in [2.05, 4.69) is 44.7 Å². The number of ether oxygens (including phenoxy) is 1. The molecule has 0 bridgehead atoms. The minimum Gasteiger partial charge on any atom is -0.437 e. The predicted octanol–water partition coefficient (Wildman–Crippen LogP) is 4.54. The lowest BCUT2D eigenvalue weighted by molar-refractivity contribution is 0.459. The van der Waals surface area contributed by atoms with Gasteiger partial charge in [0.25, 0.3) is 0 Å². The summed E-state index contributed by atoms with van der Waals surface area (Å²) >= 11 is 2.16. The molecule has 0 saturated heterocycles. The molecule has 20 heavy (non-hydrogen) atoms. The number of para-hydroxylation sites is 1. The van der Waals surface area contributed by atoms with Gasteiger partial charge in [0.2, 0.25) is 5.88 Å². The smallest absolute Gasteiger partial charge is 0.235 e. The molecule has 4 heteroatoms. The molecule has 0 amide bonds. The maximum atomic E-state index is 5.94. The van der Waals surface area contributed by atoms with Crippen molar-refractivity contribution in [2.24, 2.45) is 0 Å². The zero-order chi connectivity index (χ0) is 13.8. The van der Waals surface area contributed by atoms with Crippen LogP contribution in [0.2, 0.25) is 0 Å². The summed E-state index contributed by atoms with van der Waals surface area (Å²) in [6.45, 7) is 0. The van der Waals surface area contributed by atoms with Gasteiger partial charge in [0, 0.05) is 11.8 Å². The highest BCUT2D eigenvalue weighted by Gasteiger charge is 2.09. The molecule has 3 rings (SSSR count). The molecule has 1 aromatic heterocycles. The molecule has 2 aromatic carbocycles. The Morgan fingerprint density at radius 2 is 1.65 bits per heavy atom. The minimum atomic E-state index is 0.573. The van der Waals surface area contributed by atoms with Crippen LogP contribution < -0.4 is 4.74 Å². The summed E-state index contributed by atoms with van der Waals surface area (Å²) in [6, 6.07) is 18.1. The third kappa shape index (κ3) is 2.80. The van der Waals surface area contributed by atoms with E-state index in [4.69, 9.17) is 4.74 Å². The molecule has 0 radical (unpaired) electrons. The third-order valence-electron chi connectivity index (χ3n) is 2.81. The Kier molecular flexibility index (Phi) is 3.92. The van der Waals surface area contributed by atoms with E-state index in [0.29, 0.717) is 5.88 Å². The van der Waals surface area contributed by atoms with Crippen molar-refractivity contribution < 1.29 is 4.74 Å². The van der Waals surface area contributed by atoms with Crippen LogP contribution in [-0.4, -0.2) is 9.97 Å². The van der Waals surface area contributed by atoms with E-state index in [1.165, 1.54) is 6.33 Å². The minimum absolute atomic E-state index is 0.573. The number of aromatic nitrogens is 2. The van der Waals surface area contributed by atoms with Crippen molar-refractivity contribution in [2.75, 3.05) is 0 Å². The van der Waals surface area contributed by atoms with Crippen molar-refractivity contribution in [1.82, 2.24) is 9.97 Å². The fourth-order valence-electron chi connectivity index (χ4n) is 1.89. The van der Waals surface area contributed by atoms with Gasteiger partial charge in [-0.1, -0.05) is 48.5 Å². The molecular weight excluding hydrogens is 363 g/mol. The molecule has 3 aromatic rings. The highest BCUT2D eigenvalue weighted by Crippen LogP contribution is 2.33. The lowest BCUT2D eigenvalue weighted by Gasteiger charge is -2.11. The van der Waals surface area contributed by atoms with E-state index in [9.17, 15) is 0 Å². The molecule has 1 heterocycles. The van der Waals surface area contributed by atoms with Gasteiger partial charge in [0.1, 0.15) is 12.1 Å². The summed E-state index contributed by atoms with van der Waals surface area (Å²) in [7, 11) is 0. The van der Waals surface area contributed by atoms with Crippen LogP contribution in [0.3, 0.4) is 0 Å². The van der Waals surface area contributed by atoms with Gasteiger partial charge in [-0.05, 0) is 34.2 Å². The number of nitrogens with zero attached hydrogens (tertiary/aromatic N) is 2. The molecule has 0 spiro atoms. The first-order valence-corrected chi connectivity index (χ1v) is 7.20. The molecule has 98 valence electrons. The average Bonchev–Trinajstić information content (AvgIpc) is 2.51. The van der Waals surface area contributed by atoms with Gasteiger partial charge in [-0.3, -0.25) is 0 Å². The second kappa shape index (κ2) is 6.00. The number of hydrogen-bond acceptors (Lipinski definition) is 3. The maximum Gasteiger partial charge on any atom is 0.235 e. The van der Waals surface area contributed by atoms with Crippen molar-refractivity contribution in [2.45, 2.75) is 0 Å². The molecule has 3 nitrogen and oxygen atoms in total. The van der Waals surface area contributed by atoms with Crippen molar-refractivity contribution >= 4 is 22.6 Å². The topological polar surface area (TPSA) is 35.0 Å². The lowest BCUT2D eigenvalue weighted by Crippen LogP contribution is -1.93. The van der Waals surface area contributed by atoms with Gasteiger partial charge < -0.3 is 4.74 Å². The van der Waals surface area contributed by atoms with Gasteiger partial charge in [-0.2, -0.15) is 0 Å². The average molecular weight is 374 g/mol. The maximum absolute atomic E-state index is 5.94. The Balaban J connectivity index is 2.01. The van der Waals surface area contributed by atoms with Gasteiger partial charge >= 0.3 is 0 Å². The summed E-state index contributed by atoms with van der Waals surface area (Å²) in [5.74, 6) is 1.36. The molecule has 0 atom stereocenters. The predicted molar refractivity (Wildman–Crippen MR) is 86.7 cm³/mol. The van der Waals surface area contributed by atoms with Gasteiger partial charge in [0.05, 0.1) is 3.57 Å². The molecule has 0 unspecified atom stereocenters. The SMILES string of the molecule is Ic1cncnc1Oc1ccccc1-c1ccccc1. The summed E-state index contributed by atoms with van der Waals surface area (Å²) in [5, 5.41) is 0. The normalized spacial score (nSPS) is 10.2. The fraction of sp³-hybridized carbons (Fsp3) is 0. The lowest BCUT2D eigenvalue weighted by atomic mass is 10.1. The fourth-order valence-corrected chi connectivity index (χ4v) is 2.30. The molecule has 0 saturated carbocycles. The Morgan fingerprint density at radius 1 is 0.900 bits per heavy atom. The van der Waals surface area contributed by atoms with Crippen LogP contribution in [-0.2, 0) is 0 Å². The van der Waals surface area contributed by atoms with Crippen LogP contribution in [0.5, 0.6) is 11.6 Å². The number of hydrogen-bond donors (Lipinski definition) is 0. The quantitative estimate of drug-likeness (QED) is 0.632. The largest absolute Gasteiger partial charge is 0.437 e. The van der Waals surface area contributed by atoms with E-state index in [-0.39, 0.29) is 0 Å². The summed E-state index contributed by atoms with van der Waals surface area (Å²) in [6.07, 6.45) is 3.22. The van der Waals surface area contributed by atoms with Crippen molar-refractivity contribution in [3.8, 4) is 22.8 Å². The standard InChI is InChI=1S/C16H11IN2O/c17-14-10-18-11-19-16(14)20-15-9-5-4-8-13(15)12-6-2-1-3-7-12/h1-11H. The van der Waals surface area contributed by atoms with E-state index in [1.54, 1.807) is 6.20 Å². The number of rotatable bonds is 3. The van der Waals surface area contributed by atoms with Crippen LogP contribution in [0.4, 0.5) is 0 Å².